The molecule has 0 radical (unpaired) electrons. The summed E-state index contributed by atoms with van der Waals surface area (Å²) in [5.74, 6) is 3.27. The Morgan fingerprint density at radius 3 is 2.23 bits per heavy atom. The molecule has 0 aromatic heterocycles. The standard InChI is InChI=1S/C25H35ClN2O3/c1-17-8-21(30-2)22(31-3)10-20(17)15-27-4-6-28(7-5-27)23(29)24-11-18-9-19(12-24)14-25(26,13-18)16-24/h8,10,18-19H,4-7,9,11-16H2,1-3H3. The fourth-order valence-corrected chi connectivity index (χ4v) is 7.97. The lowest BCUT2D eigenvalue weighted by Crippen LogP contribution is -2.61. The van der Waals surface area contributed by atoms with E-state index in [0.717, 1.165) is 76.3 Å². The zero-order valence-electron chi connectivity index (χ0n) is 19.1. The minimum absolute atomic E-state index is 0.105. The summed E-state index contributed by atoms with van der Waals surface area (Å²) in [4.78, 5) is 18.2. The highest BCUT2D eigenvalue weighted by atomic mass is 35.5. The molecule has 4 bridgehead atoms. The average molecular weight is 447 g/mol. The summed E-state index contributed by atoms with van der Waals surface area (Å²) in [6.45, 7) is 6.44. The number of hydrogen-bond donors (Lipinski definition) is 0. The highest BCUT2D eigenvalue weighted by Gasteiger charge is 2.60. The third-order valence-electron chi connectivity index (χ3n) is 8.34. The summed E-state index contributed by atoms with van der Waals surface area (Å²) in [6, 6.07) is 4.13. The van der Waals surface area contributed by atoms with Crippen molar-refractivity contribution in [3.63, 3.8) is 0 Å². The van der Waals surface area contributed by atoms with E-state index < -0.39 is 0 Å². The van der Waals surface area contributed by atoms with Gasteiger partial charge in [-0.05, 0) is 80.5 Å². The van der Waals surface area contributed by atoms with E-state index in [4.69, 9.17) is 21.1 Å². The first kappa shape index (κ1) is 21.4. The normalized spacial score (nSPS) is 34.8. The van der Waals surface area contributed by atoms with Gasteiger partial charge in [-0.1, -0.05) is 0 Å². The number of rotatable bonds is 5. The number of carbonyl (C=O) groups is 1. The van der Waals surface area contributed by atoms with E-state index in [1.807, 2.05) is 6.07 Å². The maximum Gasteiger partial charge on any atom is 0.228 e. The fourth-order valence-electron chi connectivity index (χ4n) is 7.28. The number of nitrogens with zero attached hydrogens (tertiary/aromatic N) is 2. The quantitative estimate of drug-likeness (QED) is 0.634. The molecule has 4 aliphatic carbocycles. The smallest absolute Gasteiger partial charge is 0.228 e. The largest absolute Gasteiger partial charge is 0.493 e. The molecule has 5 fully saturated rings. The molecule has 6 heteroatoms. The van der Waals surface area contributed by atoms with Crippen LogP contribution in [0.2, 0.25) is 0 Å². The molecule has 0 spiro atoms. The predicted octanol–water partition coefficient (Wildman–Crippen LogP) is 4.23. The molecular formula is C25H35ClN2O3. The van der Waals surface area contributed by atoms with Gasteiger partial charge in [-0.3, -0.25) is 9.69 Å². The van der Waals surface area contributed by atoms with Gasteiger partial charge in [0.2, 0.25) is 5.91 Å². The number of amides is 1. The lowest BCUT2D eigenvalue weighted by atomic mass is 9.49. The summed E-state index contributed by atoms with van der Waals surface area (Å²) in [6.07, 6.45) is 6.58. The molecular weight excluding hydrogens is 412 g/mol. The molecule has 1 amide bonds. The number of hydrogen-bond acceptors (Lipinski definition) is 4. The van der Waals surface area contributed by atoms with Gasteiger partial charge in [0.1, 0.15) is 0 Å². The van der Waals surface area contributed by atoms with Gasteiger partial charge in [0.25, 0.3) is 0 Å². The molecule has 1 heterocycles. The minimum atomic E-state index is -0.173. The molecule has 170 valence electrons. The van der Waals surface area contributed by atoms with Crippen LogP contribution in [0.3, 0.4) is 0 Å². The number of piperazine rings is 1. The number of aryl methyl sites for hydroxylation is 1. The highest BCUT2D eigenvalue weighted by molar-refractivity contribution is 6.24. The van der Waals surface area contributed by atoms with Crippen LogP contribution in [-0.4, -0.2) is 61.0 Å². The van der Waals surface area contributed by atoms with E-state index in [-0.39, 0.29) is 10.3 Å². The second-order valence-corrected chi connectivity index (χ2v) is 11.4. The predicted molar refractivity (Wildman–Crippen MR) is 122 cm³/mol. The highest BCUT2D eigenvalue weighted by Crippen LogP contribution is 2.64. The Morgan fingerprint density at radius 2 is 1.65 bits per heavy atom. The van der Waals surface area contributed by atoms with E-state index in [1.54, 1.807) is 14.2 Å². The monoisotopic (exact) mass is 446 g/mol. The van der Waals surface area contributed by atoms with Crippen LogP contribution in [0.5, 0.6) is 11.5 Å². The Labute approximate surface area is 191 Å². The van der Waals surface area contributed by atoms with E-state index in [9.17, 15) is 4.79 Å². The van der Waals surface area contributed by atoms with Crippen LogP contribution in [0.25, 0.3) is 0 Å². The van der Waals surface area contributed by atoms with Crippen LogP contribution in [0, 0.1) is 24.2 Å². The van der Waals surface area contributed by atoms with Gasteiger partial charge in [-0.15, -0.1) is 11.6 Å². The summed E-state index contributed by atoms with van der Waals surface area (Å²) >= 11 is 6.98. The molecule has 2 unspecified atom stereocenters. The summed E-state index contributed by atoms with van der Waals surface area (Å²) < 4.78 is 10.9. The van der Waals surface area contributed by atoms with Gasteiger partial charge >= 0.3 is 0 Å². The molecule has 31 heavy (non-hydrogen) atoms. The molecule has 2 atom stereocenters. The number of benzene rings is 1. The van der Waals surface area contributed by atoms with Crippen LogP contribution in [0.4, 0.5) is 0 Å². The second-order valence-electron chi connectivity index (χ2n) is 10.6. The maximum absolute atomic E-state index is 13.7. The van der Waals surface area contributed by atoms with Crippen LogP contribution in [0.1, 0.15) is 49.7 Å². The molecule has 0 N–H and O–H groups in total. The second kappa shape index (κ2) is 7.84. The van der Waals surface area contributed by atoms with Crippen LogP contribution < -0.4 is 9.47 Å². The molecule has 1 aromatic rings. The van der Waals surface area contributed by atoms with Gasteiger partial charge in [0.15, 0.2) is 11.5 Å². The lowest BCUT2D eigenvalue weighted by molar-refractivity contribution is -0.157. The minimum Gasteiger partial charge on any atom is -0.493 e. The van der Waals surface area contributed by atoms with Crippen molar-refractivity contribution in [1.82, 2.24) is 9.80 Å². The van der Waals surface area contributed by atoms with Crippen molar-refractivity contribution in [2.45, 2.75) is 56.9 Å². The van der Waals surface area contributed by atoms with Crippen LogP contribution >= 0.6 is 11.6 Å². The van der Waals surface area contributed by atoms with Crippen molar-refractivity contribution in [1.29, 1.82) is 0 Å². The number of methoxy groups -OCH3 is 2. The Morgan fingerprint density at radius 1 is 1.03 bits per heavy atom. The Bertz CT molecular complexity index is 851. The van der Waals surface area contributed by atoms with Gasteiger partial charge in [0.05, 0.1) is 19.6 Å². The van der Waals surface area contributed by atoms with Crippen molar-refractivity contribution >= 4 is 17.5 Å². The zero-order valence-corrected chi connectivity index (χ0v) is 19.8. The number of halogens is 1. The molecule has 5 nitrogen and oxygen atoms in total. The Kier molecular flexibility index (Phi) is 5.41. The third kappa shape index (κ3) is 3.82. The molecule has 4 saturated carbocycles. The molecule has 5 aliphatic rings. The first-order valence-corrected chi connectivity index (χ1v) is 12.1. The summed E-state index contributed by atoms with van der Waals surface area (Å²) in [7, 11) is 3.35. The summed E-state index contributed by atoms with van der Waals surface area (Å²) in [5, 5.41) is 0. The first-order valence-electron chi connectivity index (χ1n) is 11.8. The van der Waals surface area contributed by atoms with Gasteiger partial charge < -0.3 is 14.4 Å². The van der Waals surface area contributed by atoms with E-state index in [0.29, 0.717) is 17.7 Å². The van der Waals surface area contributed by atoms with Crippen molar-refractivity contribution in [3.8, 4) is 11.5 Å². The van der Waals surface area contributed by atoms with Crippen molar-refractivity contribution in [3.05, 3.63) is 23.3 Å². The fraction of sp³-hybridized carbons (Fsp3) is 0.720. The lowest BCUT2D eigenvalue weighted by Gasteiger charge is -2.60. The summed E-state index contributed by atoms with van der Waals surface area (Å²) in [5.41, 5.74) is 2.29. The van der Waals surface area contributed by atoms with Crippen molar-refractivity contribution in [2.75, 3.05) is 40.4 Å². The van der Waals surface area contributed by atoms with Gasteiger partial charge in [0, 0.05) is 37.6 Å². The molecule has 1 aliphatic heterocycles. The zero-order chi connectivity index (χ0) is 21.8. The van der Waals surface area contributed by atoms with Crippen LogP contribution in [0.15, 0.2) is 12.1 Å². The molecule has 1 saturated heterocycles. The van der Waals surface area contributed by atoms with E-state index in [1.165, 1.54) is 17.5 Å². The maximum atomic E-state index is 13.7. The molecule has 6 rings (SSSR count). The average Bonchev–Trinajstić information content (AvgIpc) is 2.73. The SMILES string of the molecule is COc1cc(C)c(CN2CCN(C(=O)C34CC5CC(CC(Cl)(C5)C3)C4)CC2)cc1OC. The number of carbonyl (C=O) groups excluding carboxylic acids is 1. The molecule has 1 aromatic carbocycles. The van der Waals surface area contributed by atoms with Gasteiger partial charge in [-0.25, -0.2) is 0 Å². The van der Waals surface area contributed by atoms with Crippen molar-refractivity contribution < 1.29 is 14.3 Å². The Balaban J connectivity index is 1.23. The first-order chi connectivity index (χ1) is 14.8. The van der Waals surface area contributed by atoms with Crippen LogP contribution in [-0.2, 0) is 11.3 Å². The van der Waals surface area contributed by atoms with E-state index >= 15 is 0 Å². The topological polar surface area (TPSA) is 42.0 Å². The van der Waals surface area contributed by atoms with E-state index in [2.05, 4.69) is 22.8 Å². The Hall–Kier alpha value is -1.46. The number of ether oxygens (including phenoxy) is 2. The third-order valence-corrected chi connectivity index (χ3v) is 8.78. The van der Waals surface area contributed by atoms with Crippen molar-refractivity contribution in [2.24, 2.45) is 17.3 Å². The van der Waals surface area contributed by atoms with Gasteiger partial charge in [-0.2, -0.15) is 0 Å². The number of alkyl halides is 1.